The van der Waals surface area contributed by atoms with Crippen molar-refractivity contribution in [2.24, 2.45) is 0 Å². The van der Waals surface area contributed by atoms with Gasteiger partial charge in [0.1, 0.15) is 0 Å². The lowest BCUT2D eigenvalue weighted by Gasteiger charge is -2.25. The van der Waals surface area contributed by atoms with Crippen LogP contribution >= 0.6 is 0 Å². The molecule has 3 rings (SSSR count). The molecule has 0 aliphatic carbocycles. The average molecular weight is 267 g/mol. The van der Waals surface area contributed by atoms with Crippen molar-refractivity contribution in [1.29, 1.82) is 0 Å². The van der Waals surface area contributed by atoms with Gasteiger partial charge < -0.3 is 10.0 Å². The zero-order valence-corrected chi connectivity index (χ0v) is 12.1. The molecule has 104 valence electrons. The lowest BCUT2D eigenvalue weighted by Crippen LogP contribution is -2.23. The van der Waals surface area contributed by atoms with E-state index in [9.17, 15) is 5.11 Å². The molecule has 0 fully saturated rings. The van der Waals surface area contributed by atoms with Gasteiger partial charge in [-0.05, 0) is 49.1 Å². The van der Waals surface area contributed by atoms with E-state index in [4.69, 9.17) is 0 Å². The van der Waals surface area contributed by atoms with E-state index >= 15 is 0 Å². The predicted octanol–water partition coefficient (Wildman–Crippen LogP) is 4.21. The third-order valence-corrected chi connectivity index (χ3v) is 4.15. The highest BCUT2D eigenvalue weighted by molar-refractivity contribution is 5.71. The van der Waals surface area contributed by atoms with Crippen LogP contribution in [0.25, 0.3) is 0 Å². The summed E-state index contributed by atoms with van der Waals surface area (Å²) in [5.74, 6) is 0. The molecule has 1 heterocycles. The molecule has 2 heteroatoms. The Kier molecular flexibility index (Phi) is 3.49. The van der Waals surface area contributed by atoms with Crippen molar-refractivity contribution in [2.75, 3.05) is 4.90 Å². The van der Waals surface area contributed by atoms with Crippen LogP contribution in [0.3, 0.4) is 0 Å². The summed E-state index contributed by atoms with van der Waals surface area (Å²) in [6, 6.07) is 17.4. The van der Waals surface area contributed by atoms with Crippen LogP contribution in [-0.2, 0) is 6.42 Å². The number of hydrogen-bond donors (Lipinski definition) is 1. The van der Waals surface area contributed by atoms with Gasteiger partial charge in [0, 0.05) is 17.4 Å². The second kappa shape index (κ2) is 5.29. The van der Waals surface area contributed by atoms with Gasteiger partial charge in [0.05, 0.1) is 6.10 Å². The van der Waals surface area contributed by atoms with E-state index in [1.807, 2.05) is 19.1 Å². The number of nitrogens with zero attached hydrogens (tertiary/aromatic N) is 1. The first-order valence-corrected chi connectivity index (χ1v) is 7.36. The highest BCUT2D eigenvalue weighted by Gasteiger charge is 2.26. The molecule has 0 radical (unpaired) electrons. The van der Waals surface area contributed by atoms with Gasteiger partial charge in [-0.2, -0.15) is 0 Å². The van der Waals surface area contributed by atoms with Crippen LogP contribution in [0.1, 0.15) is 37.5 Å². The van der Waals surface area contributed by atoms with E-state index in [0.717, 1.165) is 18.4 Å². The first-order valence-electron chi connectivity index (χ1n) is 7.36. The monoisotopic (exact) mass is 267 g/mol. The Morgan fingerprint density at radius 1 is 1.15 bits per heavy atom. The minimum Gasteiger partial charge on any atom is -0.388 e. The highest BCUT2D eigenvalue weighted by atomic mass is 16.3. The first-order chi connectivity index (χ1) is 9.70. The molecule has 0 aromatic heterocycles. The van der Waals surface area contributed by atoms with Crippen LogP contribution in [-0.4, -0.2) is 11.1 Å². The van der Waals surface area contributed by atoms with Crippen LogP contribution in [0.15, 0.2) is 48.5 Å². The van der Waals surface area contributed by atoms with Crippen molar-refractivity contribution in [1.82, 2.24) is 0 Å². The first kappa shape index (κ1) is 13.2. The fraction of sp³-hybridized carbons (Fsp3) is 0.333. The molecule has 0 bridgehead atoms. The Morgan fingerprint density at radius 2 is 1.85 bits per heavy atom. The molecule has 1 aliphatic rings. The average Bonchev–Trinajstić information content (AvgIpc) is 2.82. The zero-order chi connectivity index (χ0) is 14.1. The van der Waals surface area contributed by atoms with E-state index < -0.39 is 0 Å². The number of hydrogen-bond acceptors (Lipinski definition) is 2. The lowest BCUT2D eigenvalue weighted by atomic mass is 10.1. The highest BCUT2D eigenvalue weighted by Crippen LogP contribution is 2.38. The SMILES string of the molecule is CC[C@H](O)c1ccc(N2c3ccccc3CC2C)cc1. The summed E-state index contributed by atoms with van der Waals surface area (Å²) in [7, 11) is 0. The van der Waals surface area contributed by atoms with Gasteiger partial charge in [-0.1, -0.05) is 37.3 Å². The number of benzene rings is 2. The summed E-state index contributed by atoms with van der Waals surface area (Å²) < 4.78 is 0. The second-order valence-corrected chi connectivity index (χ2v) is 5.57. The van der Waals surface area contributed by atoms with Crippen LogP contribution in [0.4, 0.5) is 11.4 Å². The maximum atomic E-state index is 9.88. The number of para-hydroxylation sites is 1. The van der Waals surface area contributed by atoms with Crippen molar-refractivity contribution in [3.8, 4) is 0 Å². The molecule has 1 N–H and O–H groups in total. The molecular weight excluding hydrogens is 246 g/mol. The summed E-state index contributed by atoms with van der Waals surface area (Å²) in [4.78, 5) is 2.39. The van der Waals surface area contributed by atoms with E-state index in [1.54, 1.807) is 0 Å². The van der Waals surface area contributed by atoms with Gasteiger partial charge in [0.2, 0.25) is 0 Å². The number of anilines is 2. The molecule has 1 unspecified atom stereocenters. The number of aliphatic hydroxyl groups is 1. The number of aliphatic hydroxyl groups excluding tert-OH is 1. The Labute approximate surface area is 120 Å². The smallest absolute Gasteiger partial charge is 0.0787 e. The van der Waals surface area contributed by atoms with E-state index in [1.165, 1.54) is 16.9 Å². The summed E-state index contributed by atoms with van der Waals surface area (Å²) >= 11 is 0. The van der Waals surface area contributed by atoms with Crippen LogP contribution in [0.5, 0.6) is 0 Å². The fourth-order valence-corrected chi connectivity index (χ4v) is 3.05. The second-order valence-electron chi connectivity index (χ2n) is 5.57. The van der Waals surface area contributed by atoms with Crippen molar-refractivity contribution in [3.63, 3.8) is 0 Å². The summed E-state index contributed by atoms with van der Waals surface area (Å²) in [6.45, 7) is 4.26. The standard InChI is InChI=1S/C18H21NO/c1-3-18(20)14-8-10-16(11-9-14)19-13(2)12-15-6-4-5-7-17(15)19/h4-11,13,18,20H,3,12H2,1-2H3/t13?,18-/m0/s1. The summed E-state index contributed by atoms with van der Waals surface area (Å²) in [5.41, 5.74) is 4.92. The number of fused-ring (bicyclic) bond motifs is 1. The van der Waals surface area contributed by atoms with Gasteiger partial charge in [-0.3, -0.25) is 0 Å². The van der Waals surface area contributed by atoms with Gasteiger partial charge in [0.15, 0.2) is 0 Å². The Morgan fingerprint density at radius 3 is 2.55 bits per heavy atom. The molecule has 20 heavy (non-hydrogen) atoms. The minimum atomic E-state index is -0.354. The van der Waals surface area contributed by atoms with Gasteiger partial charge in [-0.15, -0.1) is 0 Å². The molecular formula is C18H21NO. The molecule has 0 saturated heterocycles. The molecule has 0 saturated carbocycles. The van der Waals surface area contributed by atoms with Crippen LogP contribution in [0.2, 0.25) is 0 Å². The largest absolute Gasteiger partial charge is 0.388 e. The summed E-state index contributed by atoms with van der Waals surface area (Å²) in [6.07, 6.45) is 1.49. The topological polar surface area (TPSA) is 23.5 Å². The van der Waals surface area contributed by atoms with Gasteiger partial charge in [-0.25, -0.2) is 0 Å². The number of rotatable bonds is 3. The third-order valence-electron chi connectivity index (χ3n) is 4.15. The molecule has 0 amide bonds. The predicted molar refractivity (Wildman–Crippen MR) is 83.4 cm³/mol. The normalized spacial score (nSPS) is 18.9. The molecule has 2 nitrogen and oxygen atoms in total. The van der Waals surface area contributed by atoms with Crippen molar-refractivity contribution in [2.45, 2.75) is 38.8 Å². The van der Waals surface area contributed by atoms with Crippen LogP contribution in [0, 0.1) is 0 Å². The maximum Gasteiger partial charge on any atom is 0.0787 e. The fourth-order valence-electron chi connectivity index (χ4n) is 3.05. The summed E-state index contributed by atoms with van der Waals surface area (Å²) in [5, 5.41) is 9.88. The van der Waals surface area contributed by atoms with E-state index in [-0.39, 0.29) is 6.10 Å². The van der Waals surface area contributed by atoms with Crippen molar-refractivity contribution < 1.29 is 5.11 Å². The van der Waals surface area contributed by atoms with Crippen LogP contribution < -0.4 is 4.90 Å². The van der Waals surface area contributed by atoms with Crippen molar-refractivity contribution >= 4 is 11.4 Å². The van der Waals surface area contributed by atoms with E-state index in [0.29, 0.717) is 6.04 Å². The Balaban J connectivity index is 1.93. The lowest BCUT2D eigenvalue weighted by molar-refractivity contribution is 0.173. The molecule has 2 atom stereocenters. The zero-order valence-electron chi connectivity index (χ0n) is 12.1. The third kappa shape index (κ3) is 2.20. The van der Waals surface area contributed by atoms with Crippen molar-refractivity contribution in [3.05, 3.63) is 59.7 Å². The Hall–Kier alpha value is -1.80. The van der Waals surface area contributed by atoms with Gasteiger partial charge in [0.25, 0.3) is 0 Å². The Bertz CT molecular complexity index is 591. The molecule has 2 aromatic carbocycles. The van der Waals surface area contributed by atoms with E-state index in [2.05, 4.69) is 48.2 Å². The van der Waals surface area contributed by atoms with Gasteiger partial charge >= 0.3 is 0 Å². The minimum absolute atomic E-state index is 0.354. The molecule has 0 spiro atoms. The molecule has 2 aromatic rings. The maximum absolute atomic E-state index is 9.88. The molecule has 1 aliphatic heterocycles. The quantitative estimate of drug-likeness (QED) is 0.900.